The first-order valence-corrected chi connectivity index (χ1v) is 15.9. The minimum Gasteiger partial charge on any atom is -0.508 e. The Balaban J connectivity index is 1.31. The van der Waals surface area contributed by atoms with E-state index < -0.39 is 47.3 Å². The first-order valence-electron chi connectivity index (χ1n) is 18.4. The van der Waals surface area contributed by atoms with Crippen molar-refractivity contribution in [1.82, 2.24) is 20.2 Å². The molecule has 0 saturated carbocycles. The van der Waals surface area contributed by atoms with Gasteiger partial charge in [-0.1, -0.05) is 18.8 Å². The third-order valence-electron chi connectivity index (χ3n) is 10.5. The van der Waals surface area contributed by atoms with Crippen LogP contribution in [-0.2, 0) is 0 Å². The molecule has 8 rings (SSSR count). The van der Waals surface area contributed by atoms with Gasteiger partial charge in [-0.25, -0.2) is 17.6 Å². The molecular formula is C37H35F4N5O2. The number of anilines is 1. The zero-order valence-electron chi connectivity index (χ0n) is 30.8. The van der Waals surface area contributed by atoms with Gasteiger partial charge in [0.25, 0.3) is 0 Å². The van der Waals surface area contributed by atoms with Crippen LogP contribution in [0, 0.1) is 29.8 Å². The molecule has 0 spiro atoms. The third-order valence-corrected chi connectivity index (χ3v) is 10.5. The van der Waals surface area contributed by atoms with E-state index in [1.54, 1.807) is 4.90 Å². The Labute approximate surface area is 282 Å². The third kappa shape index (κ3) is 4.79. The number of phenolic OH excluding ortho intramolecular Hbond substituents is 1. The van der Waals surface area contributed by atoms with Gasteiger partial charge in [-0.2, -0.15) is 9.97 Å². The van der Waals surface area contributed by atoms with Gasteiger partial charge in [0.1, 0.15) is 35.3 Å². The quantitative estimate of drug-likeness (QED) is 0.175. The topological polar surface area (TPSA) is 73.8 Å². The molecular weight excluding hydrogens is 622 g/mol. The molecule has 4 saturated heterocycles. The molecule has 0 amide bonds. The molecule has 4 aliphatic rings. The normalized spacial score (nSPS) is 28.2. The lowest BCUT2D eigenvalue weighted by molar-refractivity contribution is 0.108. The molecule has 4 aliphatic heterocycles. The zero-order chi connectivity index (χ0) is 37.7. The molecule has 2 bridgehead atoms. The van der Waals surface area contributed by atoms with Crippen molar-refractivity contribution in [2.24, 2.45) is 0 Å². The Hall–Kier alpha value is -4.40. The van der Waals surface area contributed by atoms with Crippen LogP contribution in [0.15, 0.2) is 42.2 Å². The fourth-order valence-corrected chi connectivity index (χ4v) is 8.30. The van der Waals surface area contributed by atoms with Crippen molar-refractivity contribution in [3.8, 4) is 35.2 Å². The minimum absolute atomic E-state index is 0.000832. The predicted molar refractivity (Wildman–Crippen MR) is 176 cm³/mol. The number of phenols is 1. The van der Waals surface area contributed by atoms with Gasteiger partial charge in [0.2, 0.25) is 0 Å². The molecule has 4 aromatic rings. The number of nitrogens with one attached hydrogen (secondary N) is 1. The van der Waals surface area contributed by atoms with Gasteiger partial charge in [0, 0.05) is 54.4 Å². The molecule has 7 nitrogen and oxygen atoms in total. The van der Waals surface area contributed by atoms with Crippen LogP contribution >= 0.6 is 0 Å². The molecule has 5 heterocycles. The number of terminal acetylenes is 1. The second kappa shape index (κ2) is 11.3. The largest absolute Gasteiger partial charge is 0.508 e. The van der Waals surface area contributed by atoms with Crippen molar-refractivity contribution < 1.29 is 34.3 Å². The number of hydrogen-bond donors (Lipinski definition) is 2. The molecule has 3 aromatic carbocycles. The van der Waals surface area contributed by atoms with E-state index in [-0.39, 0.29) is 82.5 Å². The van der Waals surface area contributed by atoms with E-state index >= 15 is 8.78 Å². The van der Waals surface area contributed by atoms with Crippen molar-refractivity contribution in [3.63, 3.8) is 0 Å². The summed E-state index contributed by atoms with van der Waals surface area (Å²) in [5, 5.41) is 13.9. The maximum Gasteiger partial charge on any atom is 0.319 e. The number of ether oxygens (including phenoxy) is 1. The number of rotatable bonds is 6. The Morgan fingerprint density at radius 2 is 2.10 bits per heavy atom. The van der Waals surface area contributed by atoms with Gasteiger partial charge in [-0.3, -0.25) is 4.90 Å². The Kier molecular flexibility index (Phi) is 6.05. The number of aromatic nitrogens is 2. The summed E-state index contributed by atoms with van der Waals surface area (Å²) in [7, 11) is 0. The number of nitrogens with zero attached hydrogens (tertiary/aromatic N) is 4. The molecule has 2 N–H and O–H groups in total. The molecule has 11 heteroatoms. The highest BCUT2D eigenvalue weighted by Gasteiger charge is 2.48. The number of aromatic hydroxyl groups is 1. The summed E-state index contributed by atoms with van der Waals surface area (Å²) in [5.74, 6) is -1.18. The van der Waals surface area contributed by atoms with E-state index in [0.717, 1.165) is 31.2 Å². The van der Waals surface area contributed by atoms with Crippen LogP contribution in [0.1, 0.15) is 57.7 Å². The van der Waals surface area contributed by atoms with Crippen molar-refractivity contribution in [2.45, 2.75) is 62.4 Å². The zero-order valence-corrected chi connectivity index (χ0v) is 25.8. The smallest absolute Gasteiger partial charge is 0.319 e. The fraction of sp³-hybridized carbons (Fsp3) is 0.405. The van der Waals surface area contributed by atoms with Crippen molar-refractivity contribution in [3.05, 3.63) is 65.2 Å². The lowest BCUT2D eigenvalue weighted by Crippen LogP contribution is -2.59. The van der Waals surface area contributed by atoms with E-state index in [1.165, 1.54) is 12.1 Å². The molecule has 1 aromatic heterocycles. The molecule has 3 atom stereocenters. The van der Waals surface area contributed by atoms with Gasteiger partial charge in [0.15, 0.2) is 5.82 Å². The number of fused-ring (bicyclic) bond motifs is 5. The van der Waals surface area contributed by atoms with E-state index in [0.29, 0.717) is 37.7 Å². The Morgan fingerprint density at radius 3 is 2.92 bits per heavy atom. The maximum absolute atomic E-state index is 17.1. The van der Waals surface area contributed by atoms with Crippen LogP contribution in [-0.4, -0.2) is 69.9 Å². The van der Waals surface area contributed by atoms with E-state index in [1.807, 2.05) is 0 Å². The number of benzene rings is 3. The fourth-order valence-electron chi connectivity index (χ4n) is 8.30. The number of piperazine rings is 1. The van der Waals surface area contributed by atoms with Gasteiger partial charge in [-0.15, -0.1) is 6.42 Å². The Morgan fingerprint density at radius 1 is 1.23 bits per heavy atom. The van der Waals surface area contributed by atoms with Gasteiger partial charge in [-0.05, 0) is 80.2 Å². The first kappa shape index (κ1) is 25.6. The average molecular weight is 663 g/mol. The van der Waals surface area contributed by atoms with Gasteiger partial charge >= 0.3 is 6.01 Å². The van der Waals surface area contributed by atoms with Crippen LogP contribution in [0.5, 0.6) is 11.8 Å². The van der Waals surface area contributed by atoms with Crippen LogP contribution in [0.4, 0.5) is 23.4 Å². The molecule has 0 aliphatic carbocycles. The average Bonchev–Trinajstić information content (AvgIpc) is 3.76. The van der Waals surface area contributed by atoms with Crippen LogP contribution < -0.4 is 15.0 Å². The van der Waals surface area contributed by atoms with Crippen LogP contribution in [0.3, 0.4) is 0 Å². The molecule has 0 radical (unpaired) electrons. The summed E-state index contributed by atoms with van der Waals surface area (Å²) in [6, 6.07) is 5.19. The summed E-state index contributed by atoms with van der Waals surface area (Å²) >= 11 is 0. The van der Waals surface area contributed by atoms with Crippen molar-refractivity contribution >= 4 is 27.5 Å². The first-order chi connectivity index (χ1) is 25.1. The molecule has 48 heavy (non-hydrogen) atoms. The summed E-state index contributed by atoms with van der Waals surface area (Å²) in [5.41, 5.74) is -2.97. The predicted octanol–water partition coefficient (Wildman–Crippen LogP) is 6.75. The highest BCUT2D eigenvalue weighted by molar-refractivity contribution is 6.04. The van der Waals surface area contributed by atoms with Crippen LogP contribution in [0.2, 0.25) is 0 Å². The van der Waals surface area contributed by atoms with Crippen molar-refractivity contribution in [1.29, 1.82) is 0 Å². The summed E-state index contributed by atoms with van der Waals surface area (Å²) in [6.45, 7) is -1.78. The second-order valence-electron chi connectivity index (χ2n) is 13.4. The monoisotopic (exact) mass is 662 g/mol. The minimum atomic E-state index is -2.99. The van der Waals surface area contributed by atoms with E-state index in [2.05, 4.69) is 26.1 Å². The standard InChI is InChI=1S/C37H35F4N5O2/c1-3-25-28(39)7-6-22-12-24(47)13-26(30(22)25)31-29(40)14-27-33(32(31)41)42-35(48-20-37-9-5-11-46(37)17-21(15-37)16-38)43-34(27)45-18-23-8-10-36(4-2,19-45)44-23/h1,6-7,12-14,16,23,44,47H,4-5,8-11,15,17-20H2,2H3/b21-16+/t23-,36+,37-/m0/s1/i2D3,4D2. The van der Waals surface area contributed by atoms with E-state index in [9.17, 15) is 13.9 Å². The molecule has 248 valence electrons. The Bertz CT molecular complexity index is 2270. The summed E-state index contributed by atoms with van der Waals surface area (Å²) < 4.78 is 110. The van der Waals surface area contributed by atoms with Crippen LogP contribution in [0.25, 0.3) is 32.8 Å². The lowest BCUT2D eigenvalue weighted by Gasteiger charge is -2.42. The number of halogens is 4. The highest BCUT2D eigenvalue weighted by atomic mass is 19.1. The summed E-state index contributed by atoms with van der Waals surface area (Å²) in [6.07, 6.45) is 6.19. The highest BCUT2D eigenvalue weighted by Crippen LogP contribution is 2.44. The SMILES string of the molecule is [2H]C([2H])([2H])C([2H])([2H])[C@@]12CC[C@@H](CN(c3nc(OC[C@@]45CCCN4C/C(=C/F)C5)nc4c(F)c(-c5cc(O)cc6ccc(F)c(C#C)c56)c(F)cc34)C1)N2. The maximum atomic E-state index is 17.1. The number of hydrogen-bond acceptors (Lipinski definition) is 7. The van der Waals surface area contributed by atoms with Crippen molar-refractivity contribution in [2.75, 3.05) is 37.7 Å². The van der Waals surface area contributed by atoms with E-state index in [4.69, 9.17) is 18.0 Å². The lowest BCUT2D eigenvalue weighted by atomic mass is 9.92. The molecule has 4 fully saturated rings. The summed E-state index contributed by atoms with van der Waals surface area (Å²) in [4.78, 5) is 12.8. The van der Waals surface area contributed by atoms with Gasteiger partial charge < -0.3 is 20.1 Å². The van der Waals surface area contributed by atoms with Gasteiger partial charge in [0.05, 0.1) is 23.0 Å². The second-order valence-corrected chi connectivity index (χ2v) is 13.4. The molecule has 0 unspecified atom stereocenters.